The predicted octanol–water partition coefficient (Wildman–Crippen LogP) is 5.94. The number of hydrogen-bond donors (Lipinski definition) is 0. The summed E-state index contributed by atoms with van der Waals surface area (Å²) in [5.41, 5.74) is 4.85. The quantitative estimate of drug-likeness (QED) is 0.412. The van der Waals surface area contributed by atoms with Crippen LogP contribution in [0, 0.1) is 0 Å². The number of aryl methyl sites for hydroxylation is 1. The van der Waals surface area contributed by atoms with Gasteiger partial charge in [-0.25, -0.2) is 4.39 Å². The van der Waals surface area contributed by atoms with E-state index in [-0.39, 0.29) is 0 Å². The highest BCUT2D eigenvalue weighted by atomic mass is 19.1. The van der Waals surface area contributed by atoms with Crippen molar-refractivity contribution in [2.24, 2.45) is 0 Å². The molecular formula is C21H26FN. The number of pyridine rings is 1. The van der Waals surface area contributed by atoms with E-state index in [2.05, 4.69) is 29.8 Å². The number of halogens is 1. The maximum atomic E-state index is 12.8. The third-order valence-corrected chi connectivity index (χ3v) is 4.08. The Balaban J connectivity index is 2.03. The van der Waals surface area contributed by atoms with Crippen molar-refractivity contribution < 1.29 is 4.39 Å². The molecule has 0 saturated carbocycles. The third kappa shape index (κ3) is 5.63. The van der Waals surface area contributed by atoms with Gasteiger partial charge in [0.1, 0.15) is 0 Å². The van der Waals surface area contributed by atoms with E-state index < -0.39 is 6.17 Å². The average Bonchev–Trinajstić information content (AvgIpc) is 2.56. The summed E-state index contributed by atoms with van der Waals surface area (Å²) in [5.74, 6) is 0. The van der Waals surface area contributed by atoms with E-state index in [1.807, 2.05) is 30.5 Å². The van der Waals surface area contributed by atoms with Gasteiger partial charge in [0.2, 0.25) is 0 Å². The molecule has 1 atom stereocenters. The molecule has 0 aliphatic carbocycles. The zero-order valence-electron chi connectivity index (χ0n) is 14.0. The van der Waals surface area contributed by atoms with Gasteiger partial charge in [-0.3, -0.25) is 4.98 Å². The number of hydrogen-bond acceptors (Lipinski definition) is 1. The molecule has 1 heterocycles. The van der Waals surface area contributed by atoms with Gasteiger partial charge in [-0.2, -0.15) is 0 Å². The predicted molar refractivity (Wildman–Crippen MR) is 96.3 cm³/mol. The molecule has 2 aromatic rings. The number of aromatic nitrogens is 1. The highest BCUT2D eigenvalue weighted by molar-refractivity contribution is 5.61. The molecule has 0 amide bonds. The number of rotatable bonds is 9. The van der Waals surface area contributed by atoms with Crippen molar-refractivity contribution in [1.82, 2.24) is 4.98 Å². The Bertz CT molecular complexity index is 604. The molecule has 0 aliphatic heterocycles. The van der Waals surface area contributed by atoms with Crippen molar-refractivity contribution in [2.75, 3.05) is 0 Å². The summed E-state index contributed by atoms with van der Waals surface area (Å²) < 4.78 is 12.8. The fraction of sp³-hybridized carbons (Fsp3) is 0.381. The summed E-state index contributed by atoms with van der Waals surface area (Å²) in [6.45, 7) is 5.51. The summed E-state index contributed by atoms with van der Waals surface area (Å²) in [4.78, 5) is 4.42. The summed E-state index contributed by atoms with van der Waals surface area (Å²) in [6, 6.07) is 12.6. The van der Waals surface area contributed by atoms with Crippen LogP contribution in [-0.4, -0.2) is 11.2 Å². The Morgan fingerprint density at radius 1 is 1.13 bits per heavy atom. The van der Waals surface area contributed by atoms with E-state index >= 15 is 0 Å². The molecule has 0 fully saturated rings. The van der Waals surface area contributed by atoms with Crippen molar-refractivity contribution in [3.63, 3.8) is 0 Å². The summed E-state index contributed by atoms with van der Waals surface area (Å²) in [5, 5.41) is 0. The number of allylic oxidation sites excluding steroid dienone is 1. The lowest BCUT2D eigenvalue weighted by Crippen LogP contribution is -1.96. The zero-order chi connectivity index (χ0) is 16.5. The van der Waals surface area contributed by atoms with Gasteiger partial charge in [0.15, 0.2) is 0 Å². The Morgan fingerprint density at radius 2 is 2.00 bits per heavy atom. The molecule has 0 aliphatic rings. The Kier molecular flexibility index (Phi) is 6.99. The van der Waals surface area contributed by atoms with E-state index in [1.165, 1.54) is 11.1 Å². The second kappa shape index (κ2) is 9.24. The Hall–Kier alpha value is -1.96. The van der Waals surface area contributed by atoms with Crippen molar-refractivity contribution in [1.29, 1.82) is 0 Å². The molecule has 0 spiro atoms. The molecule has 1 nitrogen and oxygen atoms in total. The lowest BCUT2D eigenvalue weighted by Gasteiger charge is -2.11. The summed E-state index contributed by atoms with van der Waals surface area (Å²) in [7, 11) is 0. The smallest absolute Gasteiger partial charge is 0.0973 e. The van der Waals surface area contributed by atoms with Crippen LogP contribution >= 0.6 is 0 Å². The molecule has 2 heteroatoms. The second-order valence-electron chi connectivity index (χ2n) is 6.07. The van der Waals surface area contributed by atoms with Crippen LogP contribution in [0.3, 0.4) is 0 Å². The second-order valence-corrected chi connectivity index (χ2v) is 6.07. The molecule has 1 aromatic heterocycles. The monoisotopic (exact) mass is 311 g/mol. The fourth-order valence-electron chi connectivity index (χ4n) is 2.83. The Labute approximate surface area is 139 Å². The van der Waals surface area contributed by atoms with Crippen LogP contribution in [-0.2, 0) is 12.8 Å². The van der Waals surface area contributed by atoms with Crippen LogP contribution < -0.4 is 0 Å². The molecule has 1 unspecified atom stereocenters. The van der Waals surface area contributed by atoms with Gasteiger partial charge < -0.3 is 0 Å². The minimum atomic E-state index is -0.677. The van der Waals surface area contributed by atoms with Crippen LogP contribution in [0.1, 0.15) is 43.7 Å². The molecule has 1 aromatic carbocycles. The molecule has 0 radical (unpaired) electrons. The van der Waals surface area contributed by atoms with Crippen molar-refractivity contribution >= 4 is 0 Å². The lowest BCUT2D eigenvalue weighted by molar-refractivity contribution is 0.330. The molecule has 2 rings (SSSR count). The number of alkyl halides is 1. The van der Waals surface area contributed by atoms with Gasteiger partial charge >= 0.3 is 0 Å². The molecular weight excluding hydrogens is 285 g/mol. The molecule has 23 heavy (non-hydrogen) atoms. The van der Waals surface area contributed by atoms with Gasteiger partial charge in [0.05, 0.1) is 11.9 Å². The van der Waals surface area contributed by atoms with Gasteiger partial charge in [-0.1, -0.05) is 37.1 Å². The standard InChI is InChI=1S/C21H26FN/c1-3-9-19-16-20(21-12-7-8-15-23-21)14-13-18(19)11-6-4-5-10-17(2)22/h3,7-8,12-17H,1,4-6,9-11H2,2H3. The van der Waals surface area contributed by atoms with Crippen LogP contribution in [0.25, 0.3) is 11.3 Å². The van der Waals surface area contributed by atoms with E-state index in [0.717, 1.165) is 43.4 Å². The molecule has 122 valence electrons. The SMILES string of the molecule is C=CCc1cc(-c2ccccn2)ccc1CCCCCC(C)F. The zero-order valence-corrected chi connectivity index (χ0v) is 14.0. The van der Waals surface area contributed by atoms with Crippen LogP contribution in [0.5, 0.6) is 0 Å². The van der Waals surface area contributed by atoms with Crippen LogP contribution in [0.2, 0.25) is 0 Å². The molecule has 0 N–H and O–H groups in total. The van der Waals surface area contributed by atoms with E-state index in [0.29, 0.717) is 6.42 Å². The van der Waals surface area contributed by atoms with Gasteiger partial charge in [-0.15, -0.1) is 6.58 Å². The lowest BCUT2D eigenvalue weighted by atomic mass is 9.95. The number of nitrogens with zero attached hydrogens (tertiary/aromatic N) is 1. The van der Waals surface area contributed by atoms with Crippen LogP contribution in [0.15, 0.2) is 55.3 Å². The van der Waals surface area contributed by atoms with Gasteiger partial charge in [-0.05, 0) is 61.9 Å². The Morgan fingerprint density at radius 3 is 2.70 bits per heavy atom. The van der Waals surface area contributed by atoms with E-state index in [9.17, 15) is 4.39 Å². The first kappa shape index (κ1) is 17.4. The topological polar surface area (TPSA) is 12.9 Å². The normalized spacial score (nSPS) is 12.1. The summed E-state index contributed by atoms with van der Waals surface area (Å²) >= 11 is 0. The van der Waals surface area contributed by atoms with E-state index in [1.54, 1.807) is 6.92 Å². The fourth-order valence-corrected chi connectivity index (χ4v) is 2.83. The number of benzene rings is 1. The minimum absolute atomic E-state index is 0.677. The van der Waals surface area contributed by atoms with Crippen molar-refractivity contribution in [2.45, 2.75) is 51.6 Å². The minimum Gasteiger partial charge on any atom is -0.256 e. The maximum Gasteiger partial charge on any atom is 0.0973 e. The highest BCUT2D eigenvalue weighted by Crippen LogP contribution is 2.23. The highest BCUT2D eigenvalue weighted by Gasteiger charge is 2.06. The summed E-state index contributed by atoms with van der Waals surface area (Å²) in [6.07, 6.45) is 8.86. The van der Waals surface area contributed by atoms with Gasteiger partial charge in [0.25, 0.3) is 0 Å². The third-order valence-electron chi connectivity index (χ3n) is 4.08. The average molecular weight is 311 g/mol. The first-order valence-electron chi connectivity index (χ1n) is 8.49. The maximum absolute atomic E-state index is 12.8. The van der Waals surface area contributed by atoms with Gasteiger partial charge in [0, 0.05) is 11.8 Å². The first-order valence-corrected chi connectivity index (χ1v) is 8.49. The van der Waals surface area contributed by atoms with E-state index in [4.69, 9.17) is 0 Å². The molecule has 0 saturated heterocycles. The van der Waals surface area contributed by atoms with Crippen molar-refractivity contribution in [3.8, 4) is 11.3 Å². The van der Waals surface area contributed by atoms with Crippen LogP contribution in [0.4, 0.5) is 4.39 Å². The largest absolute Gasteiger partial charge is 0.256 e. The van der Waals surface area contributed by atoms with Crippen molar-refractivity contribution in [3.05, 3.63) is 66.4 Å². The molecule has 0 bridgehead atoms. The first-order chi connectivity index (χ1) is 11.2. The number of unbranched alkanes of at least 4 members (excludes halogenated alkanes) is 2.